The van der Waals surface area contributed by atoms with Gasteiger partial charge in [0.15, 0.2) is 0 Å². The zero-order valence-electron chi connectivity index (χ0n) is 9.36. The number of anilines is 3. The third kappa shape index (κ3) is 2.73. The van der Waals surface area contributed by atoms with Gasteiger partial charge < -0.3 is 21.1 Å². The van der Waals surface area contributed by atoms with Gasteiger partial charge in [-0.05, 0) is 12.8 Å². The number of hydrogen-bond acceptors (Lipinski definition) is 6. The highest BCUT2D eigenvalue weighted by atomic mass is 16.5. The fourth-order valence-electron chi connectivity index (χ4n) is 1.73. The van der Waals surface area contributed by atoms with Crippen molar-refractivity contribution in [1.82, 2.24) is 9.97 Å². The predicted molar refractivity (Wildman–Crippen MR) is 63.5 cm³/mol. The second-order valence-electron chi connectivity index (χ2n) is 3.81. The van der Waals surface area contributed by atoms with E-state index in [1.807, 2.05) is 6.07 Å². The number of nitrogen functional groups attached to an aromatic ring is 1. The average molecular weight is 223 g/mol. The van der Waals surface area contributed by atoms with Crippen LogP contribution in [0.1, 0.15) is 12.8 Å². The van der Waals surface area contributed by atoms with Gasteiger partial charge in [-0.1, -0.05) is 0 Å². The first-order valence-electron chi connectivity index (χ1n) is 5.44. The van der Waals surface area contributed by atoms with Crippen LogP contribution in [0.15, 0.2) is 6.07 Å². The highest BCUT2D eigenvalue weighted by molar-refractivity contribution is 5.51. The van der Waals surface area contributed by atoms with Crippen LogP contribution in [-0.4, -0.2) is 36.3 Å². The zero-order valence-corrected chi connectivity index (χ0v) is 9.36. The molecule has 2 rings (SSSR count). The van der Waals surface area contributed by atoms with Crippen LogP contribution in [-0.2, 0) is 4.74 Å². The second kappa shape index (κ2) is 4.98. The summed E-state index contributed by atoms with van der Waals surface area (Å²) in [5.74, 6) is 1.73. The molecular formula is C10H17N5O. The van der Waals surface area contributed by atoms with E-state index < -0.39 is 0 Å². The molecular weight excluding hydrogens is 206 g/mol. The van der Waals surface area contributed by atoms with Crippen LogP contribution in [0.3, 0.4) is 0 Å². The van der Waals surface area contributed by atoms with Gasteiger partial charge in [-0.15, -0.1) is 0 Å². The molecule has 0 spiro atoms. The van der Waals surface area contributed by atoms with E-state index >= 15 is 0 Å². The summed E-state index contributed by atoms with van der Waals surface area (Å²) in [7, 11) is 1.80. The summed E-state index contributed by atoms with van der Waals surface area (Å²) in [4.78, 5) is 8.17. The van der Waals surface area contributed by atoms with E-state index in [0.29, 0.717) is 11.9 Å². The molecule has 88 valence electrons. The highest BCUT2D eigenvalue weighted by Gasteiger charge is 2.14. The Morgan fingerprint density at radius 3 is 2.94 bits per heavy atom. The van der Waals surface area contributed by atoms with Crippen LogP contribution in [0.5, 0.6) is 0 Å². The van der Waals surface area contributed by atoms with Gasteiger partial charge in [0.05, 0.1) is 12.6 Å². The lowest BCUT2D eigenvalue weighted by atomic mass is 10.1. The minimum atomic E-state index is 0.270. The van der Waals surface area contributed by atoms with E-state index in [0.717, 1.165) is 31.9 Å². The molecule has 1 atom stereocenters. The first-order valence-corrected chi connectivity index (χ1v) is 5.44. The van der Waals surface area contributed by atoms with Crippen molar-refractivity contribution >= 4 is 17.6 Å². The molecule has 1 saturated heterocycles. The molecule has 1 unspecified atom stereocenters. The standard InChI is InChI=1S/C10H17N5O/c1-12-8-5-9(15-10(11)14-8)13-7-3-2-4-16-6-7/h5,7H,2-4,6H2,1H3,(H4,11,12,13,14,15). The van der Waals surface area contributed by atoms with Crippen LogP contribution in [0.25, 0.3) is 0 Å². The monoisotopic (exact) mass is 223 g/mol. The van der Waals surface area contributed by atoms with Crippen molar-refractivity contribution in [2.75, 3.05) is 36.6 Å². The predicted octanol–water partition coefficient (Wildman–Crippen LogP) is 0.691. The molecule has 2 heterocycles. The van der Waals surface area contributed by atoms with Gasteiger partial charge in [-0.2, -0.15) is 9.97 Å². The molecule has 6 nitrogen and oxygen atoms in total. The summed E-state index contributed by atoms with van der Waals surface area (Å²) < 4.78 is 5.39. The Hall–Kier alpha value is -1.56. The Bertz CT molecular complexity index is 351. The van der Waals surface area contributed by atoms with E-state index in [1.54, 1.807) is 7.05 Å². The zero-order chi connectivity index (χ0) is 11.4. The molecule has 1 aliphatic heterocycles. The largest absolute Gasteiger partial charge is 0.379 e. The van der Waals surface area contributed by atoms with E-state index in [9.17, 15) is 0 Å². The Balaban J connectivity index is 2.04. The Kier molecular flexibility index (Phi) is 3.40. The lowest BCUT2D eigenvalue weighted by Gasteiger charge is -2.23. The van der Waals surface area contributed by atoms with Gasteiger partial charge in [-0.3, -0.25) is 0 Å². The molecule has 0 aromatic carbocycles. The van der Waals surface area contributed by atoms with Crippen molar-refractivity contribution in [3.63, 3.8) is 0 Å². The van der Waals surface area contributed by atoms with Gasteiger partial charge in [0, 0.05) is 19.7 Å². The summed E-state index contributed by atoms with van der Waals surface area (Å²) in [5.41, 5.74) is 5.61. The SMILES string of the molecule is CNc1cc(NC2CCCOC2)nc(N)n1. The fraction of sp³-hybridized carbons (Fsp3) is 0.600. The summed E-state index contributed by atoms with van der Waals surface area (Å²) in [6, 6.07) is 2.15. The number of nitrogens with one attached hydrogen (secondary N) is 2. The normalized spacial score (nSPS) is 20.4. The Morgan fingerprint density at radius 1 is 1.44 bits per heavy atom. The van der Waals surface area contributed by atoms with Crippen molar-refractivity contribution in [3.05, 3.63) is 6.07 Å². The molecule has 1 aromatic heterocycles. The quantitative estimate of drug-likeness (QED) is 0.699. The number of ether oxygens (including phenoxy) is 1. The molecule has 4 N–H and O–H groups in total. The van der Waals surface area contributed by atoms with Gasteiger partial charge in [-0.25, -0.2) is 0 Å². The lowest BCUT2D eigenvalue weighted by Crippen LogP contribution is -2.30. The fourth-order valence-corrected chi connectivity index (χ4v) is 1.73. The Labute approximate surface area is 94.6 Å². The lowest BCUT2D eigenvalue weighted by molar-refractivity contribution is 0.0875. The molecule has 1 aliphatic rings. The summed E-state index contributed by atoms with van der Waals surface area (Å²) in [6.07, 6.45) is 2.18. The van der Waals surface area contributed by atoms with E-state index in [1.165, 1.54) is 0 Å². The second-order valence-corrected chi connectivity index (χ2v) is 3.81. The highest BCUT2D eigenvalue weighted by Crippen LogP contribution is 2.16. The first-order chi connectivity index (χ1) is 7.78. The number of aromatic nitrogens is 2. The molecule has 16 heavy (non-hydrogen) atoms. The van der Waals surface area contributed by atoms with Gasteiger partial charge in [0.1, 0.15) is 11.6 Å². The molecule has 1 aromatic rings. The molecule has 0 bridgehead atoms. The van der Waals surface area contributed by atoms with Gasteiger partial charge in [0.2, 0.25) is 5.95 Å². The molecule has 6 heteroatoms. The maximum atomic E-state index is 5.61. The molecule has 0 amide bonds. The number of rotatable bonds is 3. The number of nitrogens with zero attached hydrogens (tertiary/aromatic N) is 2. The average Bonchev–Trinajstić information content (AvgIpc) is 2.29. The van der Waals surface area contributed by atoms with E-state index in [-0.39, 0.29) is 5.95 Å². The van der Waals surface area contributed by atoms with Crippen LogP contribution < -0.4 is 16.4 Å². The van der Waals surface area contributed by atoms with Gasteiger partial charge in [0.25, 0.3) is 0 Å². The summed E-state index contributed by atoms with van der Waals surface area (Å²) >= 11 is 0. The molecule has 0 radical (unpaired) electrons. The van der Waals surface area contributed by atoms with Crippen LogP contribution >= 0.6 is 0 Å². The van der Waals surface area contributed by atoms with Crippen molar-refractivity contribution in [2.24, 2.45) is 0 Å². The smallest absolute Gasteiger partial charge is 0.223 e. The molecule has 0 aliphatic carbocycles. The maximum absolute atomic E-state index is 5.61. The maximum Gasteiger partial charge on any atom is 0.223 e. The minimum Gasteiger partial charge on any atom is -0.379 e. The minimum absolute atomic E-state index is 0.270. The summed E-state index contributed by atoms with van der Waals surface area (Å²) in [5, 5.41) is 6.24. The first kappa shape index (κ1) is 10.9. The van der Waals surface area contributed by atoms with Crippen molar-refractivity contribution in [2.45, 2.75) is 18.9 Å². The number of hydrogen-bond donors (Lipinski definition) is 3. The molecule has 1 fully saturated rings. The van der Waals surface area contributed by atoms with E-state index in [4.69, 9.17) is 10.5 Å². The van der Waals surface area contributed by atoms with Crippen LogP contribution in [0, 0.1) is 0 Å². The van der Waals surface area contributed by atoms with Crippen molar-refractivity contribution in [1.29, 1.82) is 0 Å². The van der Waals surface area contributed by atoms with Gasteiger partial charge >= 0.3 is 0 Å². The topological polar surface area (TPSA) is 85.1 Å². The number of nitrogens with two attached hydrogens (primary N) is 1. The third-order valence-corrected chi connectivity index (χ3v) is 2.51. The van der Waals surface area contributed by atoms with E-state index in [2.05, 4.69) is 20.6 Å². The van der Waals surface area contributed by atoms with Crippen molar-refractivity contribution < 1.29 is 4.74 Å². The van der Waals surface area contributed by atoms with Crippen LogP contribution in [0.2, 0.25) is 0 Å². The third-order valence-electron chi connectivity index (χ3n) is 2.51. The van der Waals surface area contributed by atoms with Crippen molar-refractivity contribution in [3.8, 4) is 0 Å². The van der Waals surface area contributed by atoms with Crippen LogP contribution in [0.4, 0.5) is 17.6 Å². The Morgan fingerprint density at radius 2 is 2.25 bits per heavy atom. The summed E-state index contributed by atoms with van der Waals surface area (Å²) in [6.45, 7) is 1.57. The molecule has 0 saturated carbocycles.